The average Bonchev–Trinajstić information content (AvgIpc) is 2.35. The second-order valence-electron chi connectivity index (χ2n) is 3.30. The summed E-state index contributed by atoms with van der Waals surface area (Å²) in [7, 11) is -3.20. The minimum absolute atomic E-state index is 0.0313. The summed E-state index contributed by atoms with van der Waals surface area (Å²) in [6.07, 6.45) is 3.03. The van der Waals surface area contributed by atoms with Crippen LogP contribution in [-0.2, 0) is 10.0 Å². The Morgan fingerprint density at radius 3 is 2.76 bits per heavy atom. The summed E-state index contributed by atoms with van der Waals surface area (Å²) >= 11 is 0. The van der Waals surface area contributed by atoms with E-state index in [1.807, 2.05) is 0 Å². The first-order valence-electron chi connectivity index (χ1n) is 5.20. The first kappa shape index (κ1) is 13.6. The Morgan fingerprint density at radius 2 is 2.18 bits per heavy atom. The van der Waals surface area contributed by atoms with Crippen LogP contribution in [0.4, 0.5) is 0 Å². The minimum atomic E-state index is -3.20. The maximum absolute atomic E-state index is 11.5. The van der Waals surface area contributed by atoms with E-state index >= 15 is 0 Å². The van der Waals surface area contributed by atoms with E-state index in [4.69, 9.17) is 0 Å². The molecule has 94 valence electrons. The van der Waals surface area contributed by atoms with E-state index in [9.17, 15) is 13.2 Å². The summed E-state index contributed by atoms with van der Waals surface area (Å²) < 4.78 is 24.5. The summed E-state index contributed by atoms with van der Waals surface area (Å²) in [6, 6.07) is 3.30. The van der Waals surface area contributed by atoms with E-state index in [-0.39, 0.29) is 24.7 Å². The summed E-state index contributed by atoms with van der Waals surface area (Å²) in [4.78, 5) is 15.3. The normalized spacial score (nSPS) is 11.1. The highest BCUT2D eigenvalue weighted by molar-refractivity contribution is 7.89. The Hall–Kier alpha value is -1.47. The number of hydrogen-bond acceptors (Lipinski definition) is 4. The Morgan fingerprint density at radius 1 is 1.41 bits per heavy atom. The number of carbonyl (C=O) groups is 1. The summed E-state index contributed by atoms with van der Waals surface area (Å²) in [5.74, 6) is -0.238. The van der Waals surface area contributed by atoms with Gasteiger partial charge in [-0.3, -0.25) is 9.78 Å². The van der Waals surface area contributed by atoms with Gasteiger partial charge in [-0.05, 0) is 19.1 Å². The largest absolute Gasteiger partial charge is 0.351 e. The van der Waals surface area contributed by atoms with Gasteiger partial charge in [0, 0.05) is 25.5 Å². The zero-order chi connectivity index (χ0) is 12.7. The standard InChI is InChI=1S/C10H15N3O3S/c1-2-17(15,16)13-7-6-12-10(14)9-4-3-5-11-8-9/h3-5,8,13H,2,6-7H2,1H3,(H,12,14). The Labute approximate surface area is 100 Å². The van der Waals surface area contributed by atoms with Gasteiger partial charge in [0.25, 0.3) is 5.91 Å². The molecule has 0 fully saturated rings. The van der Waals surface area contributed by atoms with Crippen LogP contribution in [0.25, 0.3) is 0 Å². The molecule has 0 saturated carbocycles. The van der Waals surface area contributed by atoms with Gasteiger partial charge < -0.3 is 5.32 Å². The smallest absolute Gasteiger partial charge is 0.252 e. The summed E-state index contributed by atoms with van der Waals surface area (Å²) in [5.41, 5.74) is 0.450. The fraction of sp³-hybridized carbons (Fsp3) is 0.400. The van der Waals surface area contributed by atoms with E-state index in [0.717, 1.165) is 0 Å². The van der Waals surface area contributed by atoms with Crippen molar-refractivity contribution in [2.75, 3.05) is 18.8 Å². The lowest BCUT2D eigenvalue weighted by Crippen LogP contribution is -2.35. The highest BCUT2D eigenvalue weighted by Gasteiger charge is 2.06. The van der Waals surface area contributed by atoms with Gasteiger partial charge in [-0.1, -0.05) is 0 Å². The van der Waals surface area contributed by atoms with Gasteiger partial charge in [0.15, 0.2) is 0 Å². The van der Waals surface area contributed by atoms with Crippen molar-refractivity contribution in [3.8, 4) is 0 Å². The topological polar surface area (TPSA) is 88.2 Å². The van der Waals surface area contributed by atoms with Crippen LogP contribution >= 0.6 is 0 Å². The summed E-state index contributed by atoms with van der Waals surface area (Å²) in [5, 5.41) is 2.59. The Bertz CT molecular complexity index is 459. The zero-order valence-corrected chi connectivity index (χ0v) is 10.3. The van der Waals surface area contributed by atoms with Gasteiger partial charge in [-0.2, -0.15) is 0 Å². The van der Waals surface area contributed by atoms with Crippen LogP contribution in [0.1, 0.15) is 17.3 Å². The fourth-order valence-electron chi connectivity index (χ4n) is 1.08. The SMILES string of the molecule is CCS(=O)(=O)NCCNC(=O)c1cccnc1. The van der Waals surface area contributed by atoms with Gasteiger partial charge in [-0.25, -0.2) is 13.1 Å². The van der Waals surface area contributed by atoms with Crippen LogP contribution in [-0.4, -0.2) is 38.2 Å². The lowest BCUT2D eigenvalue weighted by molar-refractivity contribution is 0.0954. The van der Waals surface area contributed by atoms with Crippen molar-refractivity contribution in [2.24, 2.45) is 0 Å². The first-order valence-corrected chi connectivity index (χ1v) is 6.86. The molecule has 0 unspecified atom stereocenters. The van der Waals surface area contributed by atoms with Crippen LogP contribution in [0, 0.1) is 0 Å². The molecule has 7 heteroatoms. The maximum Gasteiger partial charge on any atom is 0.252 e. The molecule has 1 heterocycles. The van der Waals surface area contributed by atoms with Gasteiger partial charge in [0.2, 0.25) is 10.0 Å². The predicted molar refractivity (Wildman–Crippen MR) is 64.0 cm³/mol. The molecule has 0 radical (unpaired) electrons. The van der Waals surface area contributed by atoms with Crippen LogP contribution < -0.4 is 10.0 Å². The number of pyridine rings is 1. The number of carbonyl (C=O) groups excluding carboxylic acids is 1. The van der Waals surface area contributed by atoms with Gasteiger partial charge in [-0.15, -0.1) is 0 Å². The van der Waals surface area contributed by atoms with E-state index < -0.39 is 10.0 Å². The average molecular weight is 257 g/mol. The highest BCUT2D eigenvalue weighted by atomic mass is 32.2. The molecule has 1 rings (SSSR count). The molecule has 2 N–H and O–H groups in total. The predicted octanol–water partition coefficient (Wildman–Crippen LogP) is -0.249. The van der Waals surface area contributed by atoms with Gasteiger partial charge in [0.1, 0.15) is 0 Å². The molecule has 0 atom stereocenters. The maximum atomic E-state index is 11.5. The van der Waals surface area contributed by atoms with Crippen LogP contribution in [0.2, 0.25) is 0 Å². The fourth-order valence-corrected chi connectivity index (χ4v) is 1.70. The monoisotopic (exact) mass is 257 g/mol. The molecule has 1 amide bonds. The van der Waals surface area contributed by atoms with Crippen molar-refractivity contribution in [3.05, 3.63) is 30.1 Å². The lowest BCUT2D eigenvalue weighted by Gasteiger charge is -2.06. The van der Waals surface area contributed by atoms with E-state index in [1.54, 1.807) is 25.3 Å². The molecule has 0 spiro atoms. The third kappa shape index (κ3) is 4.92. The zero-order valence-electron chi connectivity index (χ0n) is 9.51. The third-order valence-corrected chi connectivity index (χ3v) is 3.44. The quantitative estimate of drug-likeness (QED) is 0.688. The number of sulfonamides is 1. The van der Waals surface area contributed by atoms with Crippen LogP contribution in [0.3, 0.4) is 0 Å². The number of nitrogens with zero attached hydrogens (tertiary/aromatic N) is 1. The number of aromatic nitrogens is 1. The van der Waals surface area contributed by atoms with Crippen molar-refractivity contribution >= 4 is 15.9 Å². The molecule has 0 bridgehead atoms. The molecule has 0 aromatic carbocycles. The molecular formula is C10H15N3O3S. The molecule has 1 aromatic heterocycles. The van der Waals surface area contributed by atoms with E-state index in [1.165, 1.54) is 6.20 Å². The van der Waals surface area contributed by atoms with Crippen molar-refractivity contribution in [1.82, 2.24) is 15.0 Å². The first-order chi connectivity index (χ1) is 8.05. The molecular weight excluding hydrogens is 242 g/mol. The molecule has 1 aromatic rings. The second-order valence-corrected chi connectivity index (χ2v) is 5.39. The van der Waals surface area contributed by atoms with Crippen molar-refractivity contribution in [2.45, 2.75) is 6.92 Å². The molecule has 0 saturated heterocycles. The minimum Gasteiger partial charge on any atom is -0.351 e. The number of nitrogens with one attached hydrogen (secondary N) is 2. The number of amides is 1. The van der Waals surface area contributed by atoms with Crippen LogP contribution in [0.5, 0.6) is 0 Å². The highest BCUT2D eigenvalue weighted by Crippen LogP contribution is 1.94. The Balaban J connectivity index is 2.31. The van der Waals surface area contributed by atoms with E-state index in [0.29, 0.717) is 5.56 Å². The van der Waals surface area contributed by atoms with Gasteiger partial charge in [0.05, 0.1) is 11.3 Å². The summed E-state index contributed by atoms with van der Waals surface area (Å²) in [6.45, 7) is 1.98. The van der Waals surface area contributed by atoms with Crippen molar-refractivity contribution in [1.29, 1.82) is 0 Å². The molecule has 0 aliphatic carbocycles. The number of rotatable bonds is 6. The van der Waals surface area contributed by atoms with E-state index in [2.05, 4.69) is 15.0 Å². The third-order valence-electron chi connectivity index (χ3n) is 2.04. The van der Waals surface area contributed by atoms with Crippen molar-refractivity contribution < 1.29 is 13.2 Å². The molecule has 0 aliphatic rings. The van der Waals surface area contributed by atoms with Gasteiger partial charge >= 0.3 is 0 Å². The molecule has 17 heavy (non-hydrogen) atoms. The molecule has 0 aliphatic heterocycles. The van der Waals surface area contributed by atoms with Crippen molar-refractivity contribution in [3.63, 3.8) is 0 Å². The Kier molecular flexibility index (Phi) is 5.05. The van der Waals surface area contributed by atoms with Crippen LogP contribution in [0.15, 0.2) is 24.5 Å². The second kappa shape index (κ2) is 6.31. The lowest BCUT2D eigenvalue weighted by atomic mass is 10.3. The molecule has 6 nitrogen and oxygen atoms in total. The number of hydrogen-bond donors (Lipinski definition) is 2.